The Bertz CT molecular complexity index is 612. The van der Waals surface area contributed by atoms with E-state index in [1.165, 1.54) is 4.90 Å². The monoisotopic (exact) mass is 350 g/mol. The number of nitrogens with zero attached hydrogens (tertiary/aromatic N) is 1. The first-order valence-electron chi connectivity index (χ1n) is 8.50. The lowest BCUT2D eigenvalue weighted by Gasteiger charge is -2.31. The summed E-state index contributed by atoms with van der Waals surface area (Å²) >= 11 is 0. The summed E-state index contributed by atoms with van der Waals surface area (Å²) in [6.45, 7) is 6.47. The van der Waals surface area contributed by atoms with Crippen molar-refractivity contribution in [2.75, 3.05) is 18.0 Å². The molecule has 7 nitrogen and oxygen atoms in total. The maximum atomic E-state index is 12.0. The Labute approximate surface area is 147 Å². The van der Waals surface area contributed by atoms with Crippen LogP contribution in [0, 0.1) is 0 Å². The predicted molar refractivity (Wildman–Crippen MR) is 93.3 cm³/mol. The Hall–Kier alpha value is -2.28. The van der Waals surface area contributed by atoms with E-state index in [1.54, 1.807) is 18.2 Å². The lowest BCUT2D eigenvalue weighted by atomic mass is 10.1. The van der Waals surface area contributed by atoms with Crippen LogP contribution in [-0.2, 0) is 9.47 Å². The Morgan fingerprint density at radius 3 is 2.72 bits per heavy atom. The second kappa shape index (κ2) is 8.20. The number of nitrogens with one attached hydrogen (secondary N) is 1. The molecule has 0 spiro atoms. The fourth-order valence-electron chi connectivity index (χ4n) is 2.55. The molecule has 138 valence electrons. The summed E-state index contributed by atoms with van der Waals surface area (Å²) in [5.74, 6) is 0. The van der Waals surface area contributed by atoms with Gasteiger partial charge in [-0.2, -0.15) is 0 Å². The maximum Gasteiger partial charge on any atom is 0.416 e. The van der Waals surface area contributed by atoms with Crippen LogP contribution in [0.5, 0.6) is 0 Å². The number of aliphatic hydroxyl groups is 1. The zero-order chi connectivity index (χ0) is 18.4. The number of ether oxygens (including phenoxy) is 2. The van der Waals surface area contributed by atoms with Crippen molar-refractivity contribution in [2.45, 2.75) is 51.9 Å². The van der Waals surface area contributed by atoms with E-state index in [-0.39, 0.29) is 0 Å². The minimum Gasteiger partial charge on any atom is -0.444 e. The van der Waals surface area contributed by atoms with E-state index in [0.717, 1.165) is 19.3 Å². The zero-order valence-electron chi connectivity index (χ0n) is 14.9. The number of unbranched alkanes of at least 4 members (excludes halogenated alkanes) is 2. The summed E-state index contributed by atoms with van der Waals surface area (Å²) < 4.78 is 10.1. The van der Waals surface area contributed by atoms with Gasteiger partial charge in [0.15, 0.2) is 0 Å². The van der Waals surface area contributed by atoms with Crippen LogP contribution in [0.2, 0.25) is 0 Å². The standard InChI is InChI=1S/C18H26N2O5/c1-18(2,3)25-16(22)19-11-7-4-8-12-20-14-10-6-5-9-13(14)15(21)24-17(20)23/h5-6,9-10,15,21H,4,7-8,11-12H2,1-3H3,(H,19,22). The van der Waals surface area contributed by atoms with Crippen molar-refractivity contribution >= 4 is 17.9 Å². The molecule has 1 aromatic carbocycles. The third-order valence-electron chi connectivity index (χ3n) is 3.65. The molecule has 7 heteroatoms. The number of cyclic esters (lactones) is 1. The number of alkyl carbamates (subject to hydrolysis) is 1. The Balaban J connectivity index is 1.73. The summed E-state index contributed by atoms with van der Waals surface area (Å²) in [5.41, 5.74) is 0.767. The fraction of sp³-hybridized carbons (Fsp3) is 0.556. The summed E-state index contributed by atoms with van der Waals surface area (Å²) in [6, 6.07) is 7.15. The van der Waals surface area contributed by atoms with Gasteiger partial charge < -0.3 is 19.9 Å². The van der Waals surface area contributed by atoms with E-state index < -0.39 is 24.1 Å². The average Bonchev–Trinajstić information content (AvgIpc) is 2.51. The fourth-order valence-corrected chi connectivity index (χ4v) is 2.55. The van der Waals surface area contributed by atoms with Gasteiger partial charge >= 0.3 is 12.2 Å². The Morgan fingerprint density at radius 2 is 2.00 bits per heavy atom. The molecule has 1 aromatic rings. The average molecular weight is 350 g/mol. The molecule has 0 saturated heterocycles. The number of hydrogen-bond donors (Lipinski definition) is 2. The molecule has 2 rings (SSSR count). The van der Waals surface area contributed by atoms with E-state index in [1.807, 2.05) is 26.8 Å². The van der Waals surface area contributed by atoms with Crippen LogP contribution in [0.4, 0.5) is 15.3 Å². The number of carbonyl (C=O) groups excluding carboxylic acids is 2. The lowest BCUT2D eigenvalue weighted by Crippen LogP contribution is -2.38. The van der Waals surface area contributed by atoms with E-state index in [0.29, 0.717) is 24.3 Å². The highest BCUT2D eigenvalue weighted by Crippen LogP contribution is 2.32. The van der Waals surface area contributed by atoms with Crippen LogP contribution >= 0.6 is 0 Å². The molecule has 0 aromatic heterocycles. The van der Waals surface area contributed by atoms with Gasteiger partial charge in [-0.25, -0.2) is 9.59 Å². The van der Waals surface area contributed by atoms with Gasteiger partial charge in [0.2, 0.25) is 6.29 Å². The molecule has 2 N–H and O–H groups in total. The van der Waals surface area contributed by atoms with Crippen molar-refractivity contribution in [3.8, 4) is 0 Å². The lowest BCUT2D eigenvalue weighted by molar-refractivity contribution is -0.0562. The minimum atomic E-state index is -1.21. The van der Waals surface area contributed by atoms with Crippen molar-refractivity contribution in [3.63, 3.8) is 0 Å². The number of amides is 2. The minimum absolute atomic E-state index is 0.421. The van der Waals surface area contributed by atoms with Crippen LogP contribution in [0.1, 0.15) is 51.9 Å². The summed E-state index contributed by atoms with van der Waals surface area (Å²) in [4.78, 5) is 25.0. The van der Waals surface area contributed by atoms with Crippen molar-refractivity contribution in [2.24, 2.45) is 0 Å². The van der Waals surface area contributed by atoms with E-state index in [9.17, 15) is 14.7 Å². The molecular weight excluding hydrogens is 324 g/mol. The van der Waals surface area contributed by atoms with Gasteiger partial charge in [0.1, 0.15) is 5.60 Å². The van der Waals surface area contributed by atoms with Gasteiger partial charge in [0.05, 0.1) is 5.69 Å². The number of fused-ring (bicyclic) bond motifs is 1. The second-order valence-electron chi connectivity index (χ2n) is 6.94. The zero-order valence-corrected chi connectivity index (χ0v) is 14.9. The van der Waals surface area contributed by atoms with Crippen molar-refractivity contribution in [1.29, 1.82) is 0 Å². The molecule has 0 saturated carbocycles. The molecule has 1 atom stereocenters. The molecule has 0 bridgehead atoms. The highest BCUT2D eigenvalue weighted by Gasteiger charge is 2.30. The summed E-state index contributed by atoms with van der Waals surface area (Å²) in [7, 11) is 0. The van der Waals surface area contributed by atoms with Gasteiger partial charge in [-0.05, 0) is 46.1 Å². The number of hydrogen-bond acceptors (Lipinski definition) is 5. The van der Waals surface area contributed by atoms with Crippen LogP contribution in [-0.4, -0.2) is 36.0 Å². The molecule has 0 aliphatic carbocycles. The maximum absolute atomic E-state index is 12.0. The largest absolute Gasteiger partial charge is 0.444 e. The smallest absolute Gasteiger partial charge is 0.416 e. The summed E-state index contributed by atoms with van der Waals surface area (Å²) in [6.07, 6.45) is 0.206. The number of anilines is 1. The summed E-state index contributed by atoms with van der Waals surface area (Å²) in [5, 5.41) is 12.5. The van der Waals surface area contributed by atoms with Crippen LogP contribution in [0.15, 0.2) is 24.3 Å². The van der Waals surface area contributed by atoms with Crippen molar-refractivity contribution in [1.82, 2.24) is 5.32 Å². The molecule has 0 fully saturated rings. The normalized spacial score (nSPS) is 16.9. The number of para-hydroxylation sites is 1. The van der Waals surface area contributed by atoms with Gasteiger partial charge in [-0.15, -0.1) is 0 Å². The third kappa shape index (κ3) is 5.63. The molecule has 1 aliphatic rings. The quantitative estimate of drug-likeness (QED) is 0.768. The van der Waals surface area contributed by atoms with Crippen LogP contribution < -0.4 is 10.2 Å². The Kier molecular flexibility index (Phi) is 6.25. The number of carbonyl (C=O) groups is 2. The first-order chi connectivity index (χ1) is 11.8. The first-order valence-corrected chi connectivity index (χ1v) is 8.50. The van der Waals surface area contributed by atoms with E-state index >= 15 is 0 Å². The van der Waals surface area contributed by atoms with E-state index in [4.69, 9.17) is 9.47 Å². The molecule has 1 heterocycles. The number of benzene rings is 1. The Morgan fingerprint density at radius 1 is 1.28 bits per heavy atom. The topological polar surface area (TPSA) is 88.1 Å². The van der Waals surface area contributed by atoms with Gasteiger partial charge in [-0.3, -0.25) is 4.90 Å². The van der Waals surface area contributed by atoms with Gasteiger partial charge in [0, 0.05) is 18.7 Å². The molecule has 2 amide bonds. The SMILES string of the molecule is CC(C)(C)OC(=O)NCCCCCN1C(=O)OC(O)c2ccccc21. The highest BCUT2D eigenvalue weighted by atomic mass is 16.6. The molecule has 25 heavy (non-hydrogen) atoms. The molecule has 1 unspecified atom stereocenters. The van der Waals surface area contributed by atoms with E-state index in [2.05, 4.69) is 5.32 Å². The predicted octanol–water partition coefficient (Wildman–Crippen LogP) is 3.33. The second-order valence-corrected chi connectivity index (χ2v) is 6.94. The van der Waals surface area contributed by atoms with Gasteiger partial charge in [0.25, 0.3) is 0 Å². The van der Waals surface area contributed by atoms with Gasteiger partial charge in [-0.1, -0.05) is 18.2 Å². The third-order valence-corrected chi connectivity index (χ3v) is 3.65. The molecule has 1 aliphatic heterocycles. The molecule has 0 radical (unpaired) electrons. The molecular formula is C18H26N2O5. The highest BCUT2D eigenvalue weighted by molar-refractivity contribution is 5.90. The van der Waals surface area contributed by atoms with Crippen molar-refractivity contribution in [3.05, 3.63) is 29.8 Å². The number of aliphatic hydroxyl groups excluding tert-OH is 1. The number of rotatable bonds is 6. The van der Waals surface area contributed by atoms with Crippen molar-refractivity contribution < 1.29 is 24.2 Å². The first kappa shape index (κ1) is 19.1. The van der Waals surface area contributed by atoms with Crippen LogP contribution in [0.3, 0.4) is 0 Å². The van der Waals surface area contributed by atoms with Crippen LogP contribution in [0.25, 0.3) is 0 Å².